The van der Waals surface area contributed by atoms with Gasteiger partial charge in [0.05, 0.1) is 5.39 Å². The van der Waals surface area contributed by atoms with E-state index in [0.717, 1.165) is 55.6 Å². The van der Waals surface area contributed by atoms with Gasteiger partial charge in [0, 0.05) is 43.8 Å². The zero-order valence-electron chi connectivity index (χ0n) is 17.0. The molecule has 1 N–H and O–H groups in total. The summed E-state index contributed by atoms with van der Waals surface area (Å²) in [5.41, 5.74) is 2.66. The van der Waals surface area contributed by atoms with Crippen molar-refractivity contribution in [3.63, 3.8) is 0 Å². The number of fused-ring (bicyclic) bond motifs is 3. The van der Waals surface area contributed by atoms with Crippen LogP contribution in [-0.2, 0) is 19.4 Å². The van der Waals surface area contributed by atoms with E-state index in [1.54, 1.807) is 6.33 Å². The zero-order valence-corrected chi connectivity index (χ0v) is 17.8. The number of pyridine rings is 1. The molecule has 3 aromatic rings. The maximum Gasteiger partial charge on any atom is 0.138 e. The highest BCUT2D eigenvalue weighted by atomic mass is 32.1. The van der Waals surface area contributed by atoms with E-state index in [1.807, 2.05) is 17.5 Å². The van der Waals surface area contributed by atoms with E-state index in [-0.39, 0.29) is 0 Å². The molecule has 0 atom stereocenters. The second-order valence-corrected chi connectivity index (χ2v) is 9.22. The smallest absolute Gasteiger partial charge is 0.138 e. The second kappa shape index (κ2) is 8.24. The summed E-state index contributed by atoms with van der Waals surface area (Å²) in [7, 11) is 2.18. The first kappa shape index (κ1) is 18.8. The number of hydrogen-bond donors (Lipinski definition) is 1. The Morgan fingerprint density at radius 3 is 2.69 bits per heavy atom. The summed E-state index contributed by atoms with van der Waals surface area (Å²) < 4.78 is 0. The third-order valence-electron chi connectivity index (χ3n) is 6.10. The molecule has 0 bridgehead atoms. The lowest BCUT2D eigenvalue weighted by Crippen LogP contribution is -2.44. The van der Waals surface area contributed by atoms with Gasteiger partial charge in [-0.2, -0.15) is 0 Å². The minimum atomic E-state index is 0.729. The number of aryl methyl sites for hydroxylation is 2. The molecule has 0 aromatic carbocycles. The first-order valence-corrected chi connectivity index (χ1v) is 11.5. The predicted octanol–water partition coefficient (Wildman–Crippen LogP) is 3.72. The number of hydrogen-bond acceptors (Lipinski definition) is 7. The Bertz CT molecular complexity index is 975. The molecular weight excluding hydrogens is 380 g/mol. The van der Waals surface area contributed by atoms with Gasteiger partial charge in [0.1, 0.15) is 22.8 Å². The second-order valence-electron chi connectivity index (χ2n) is 8.14. The monoisotopic (exact) mass is 408 g/mol. The third kappa shape index (κ3) is 3.94. The highest BCUT2D eigenvalue weighted by Gasteiger charge is 2.19. The lowest BCUT2D eigenvalue weighted by Gasteiger charge is -2.33. The molecule has 2 aliphatic rings. The van der Waals surface area contributed by atoms with Gasteiger partial charge >= 0.3 is 0 Å². The molecule has 0 saturated carbocycles. The number of piperazine rings is 1. The van der Waals surface area contributed by atoms with E-state index in [4.69, 9.17) is 4.98 Å². The van der Waals surface area contributed by atoms with E-state index in [1.165, 1.54) is 47.1 Å². The summed E-state index contributed by atoms with van der Waals surface area (Å²) in [6.45, 7) is 5.01. The summed E-state index contributed by atoms with van der Waals surface area (Å²) in [6.07, 6.45) is 9.91. The SMILES string of the molecule is CN1CCN(c2ccc(CNc3ncnc4sc5c(c34)CCCCC5)cn2)CC1. The van der Waals surface area contributed by atoms with E-state index in [0.29, 0.717) is 0 Å². The molecule has 1 aliphatic heterocycles. The van der Waals surface area contributed by atoms with Crippen LogP contribution in [0.15, 0.2) is 24.7 Å². The van der Waals surface area contributed by atoms with Crippen LogP contribution in [0, 0.1) is 0 Å². The van der Waals surface area contributed by atoms with Crippen LogP contribution in [0.2, 0.25) is 0 Å². The van der Waals surface area contributed by atoms with Gasteiger partial charge in [0.15, 0.2) is 0 Å². The van der Waals surface area contributed by atoms with Crippen molar-refractivity contribution < 1.29 is 0 Å². The number of nitrogens with one attached hydrogen (secondary N) is 1. The first-order chi connectivity index (χ1) is 14.3. The van der Waals surface area contributed by atoms with Crippen LogP contribution in [0.3, 0.4) is 0 Å². The number of likely N-dealkylation sites (N-methyl/N-ethyl adjacent to an activating group) is 1. The lowest BCUT2D eigenvalue weighted by atomic mass is 10.1. The van der Waals surface area contributed by atoms with Gasteiger partial charge in [0.25, 0.3) is 0 Å². The van der Waals surface area contributed by atoms with Crippen LogP contribution in [0.25, 0.3) is 10.2 Å². The van der Waals surface area contributed by atoms with Crippen molar-refractivity contribution in [3.05, 3.63) is 40.7 Å². The van der Waals surface area contributed by atoms with Crippen molar-refractivity contribution in [3.8, 4) is 0 Å². The average molecular weight is 409 g/mol. The van der Waals surface area contributed by atoms with E-state index in [2.05, 4.69) is 44.3 Å². The molecule has 7 heteroatoms. The predicted molar refractivity (Wildman–Crippen MR) is 120 cm³/mol. The molecule has 0 radical (unpaired) electrons. The van der Waals surface area contributed by atoms with Crippen LogP contribution >= 0.6 is 11.3 Å². The highest BCUT2D eigenvalue weighted by molar-refractivity contribution is 7.18. The summed E-state index contributed by atoms with van der Waals surface area (Å²) in [6, 6.07) is 4.33. The fraction of sp³-hybridized carbons (Fsp3) is 0.500. The number of anilines is 2. The summed E-state index contributed by atoms with van der Waals surface area (Å²) >= 11 is 1.85. The van der Waals surface area contributed by atoms with Gasteiger partial charge in [-0.05, 0) is 49.9 Å². The molecule has 29 heavy (non-hydrogen) atoms. The largest absolute Gasteiger partial charge is 0.365 e. The molecule has 0 amide bonds. The molecule has 1 aliphatic carbocycles. The van der Waals surface area contributed by atoms with Crippen molar-refractivity contribution in [2.45, 2.75) is 38.6 Å². The Hall–Kier alpha value is -2.25. The van der Waals surface area contributed by atoms with Crippen LogP contribution in [0.1, 0.15) is 35.3 Å². The highest BCUT2D eigenvalue weighted by Crippen LogP contribution is 2.37. The average Bonchev–Trinajstić information content (AvgIpc) is 2.95. The van der Waals surface area contributed by atoms with Crippen LogP contribution < -0.4 is 10.2 Å². The van der Waals surface area contributed by atoms with Crippen molar-refractivity contribution in [2.24, 2.45) is 0 Å². The van der Waals surface area contributed by atoms with Crippen molar-refractivity contribution in [1.29, 1.82) is 0 Å². The summed E-state index contributed by atoms with van der Waals surface area (Å²) in [4.78, 5) is 21.2. The number of rotatable bonds is 4. The van der Waals surface area contributed by atoms with Crippen molar-refractivity contribution >= 4 is 33.2 Å². The molecule has 6 nitrogen and oxygen atoms in total. The molecule has 3 aromatic heterocycles. The van der Waals surface area contributed by atoms with Crippen molar-refractivity contribution in [2.75, 3.05) is 43.4 Å². The molecule has 1 saturated heterocycles. The van der Waals surface area contributed by atoms with Gasteiger partial charge in [-0.25, -0.2) is 15.0 Å². The van der Waals surface area contributed by atoms with Gasteiger partial charge in [-0.1, -0.05) is 12.5 Å². The number of thiophene rings is 1. The molecule has 0 spiro atoms. The number of nitrogens with zero attached hydrogens (tertiary/aromatic N) is 5. The van der Waals surface area contributed by atoms with Gasteiger partial charge in [-0.3, -0.25) is 0 Å². The maximum atomic E-state index is 4.71. The normalized spacial score (nSPS) is 17.9. The molecular formula is C22H28N6S. The fourth-order valence-electron chi connectivity index (χ4n) is 4.33. The fourth-order valence-corrected chi connectivity index (χ4v) is 5.56. The van der Waals surface area contributed by atoms with E-state index in [9.17, 15) is 0 Å². The standard InChI is InChI=1S/C22H28N6S/c1-27-9-11-28(12-10-27)19-8-7-16(13-23-19)14-24-21-20-17-5-3-2-4-6-18(17)29-22(20)26-15-25-21/h7-8,13,15H,2-6,9-12,14H2,1H3,(H,24,25,26). The lowest BCUT2D eigenvalue weighted by molar-refractivity contribution is 0.312. The number of aromatic nitrogens is 3. The molecule has 0 unspecified atom stereocenters. The summed E-state index contributed by atoms with van der Waals surface area (Å²) in [5.74, 6) is 2.05. The Labute approximate surface area is 176 Å². The molecule has 152 valence electrons. The third-order valence-corrected chi connectivity index (χ3v) is 7.30. The van der Waals surface area contributed by atoms with E-state index >= 15 is 0 Å². The van der Waals surface area contributed by atoms with Crippen molar-refractivity contribution in [1.82, 2.24) is 19.9 Å². The first-order valence-electron chi connectivity index (χ1n) is 10.7. The van der Waals surface area contributed by atoms with Gasteiger partial charge in [0.2, 0.25) is 0 Å². The molecule has 1 fully saturated rings. The van der Waals surface area contributed by atoms with Crippen LogP contribution in [0.5, 0.6) is 0 Å². The quantitative estimate of drug-likeness (QED) is 0.664. The van der Waals surface area contributed by atoms with Crippen LogP contribution in [0.4, 0.5) is 11.6 Å². The Kier molecular flexibility index (Phi) is 5.33. The Balaban J connectivity index is 1.31. The summed E-state index contributed by atoms with van der Waals surface area (Å²) in [5, 5.41) is 4.81. The Morgan fingerprint density at radius 1 is 1.00 bits per heavy atom. The topological polar surface area (TPSA) is 57.2 Å². The van der Waals surface area contributed by atoms with Gasteiger partial charge < -0.3 is 15.1 Å². The van der Waals surface area contributed by atoms with Crippen LogP contribution in [-0.4, -0.2) is 53.1 Å². The Morgan fingerprint density at radius 2 is 1.86 bits per heavy atom. The minimum absolute atomic E-state index is 0.729. The van der Waals surface area contributed by atoms with E-state index < -0.39 is 0 Å². The zero-order chi connectivity index (χ0) is 19.6. The molecule has 5 rings (SSSR count). The maximum absolute atomic E-state index is 4.71. The minimum Gasteiger partial charge on any atom is -0.365 e. The molecule has 4 heterocycles. The van der Waals surface area contributed by atoms with Gasteiger partial charge in [-0.15, -0.1) is 11.3 Å².